The Morgan fingerprint density at radius 3 is 3.16 bits per heavy atom. The van der Waals surface area contributed by atoms with Crippen LogP contribution in [-0.4, -0.2) is 26.4 Å². The average Bonchev–Trinajstić information content (AvgIpc) is 2.75. The molecule has 0 fully saturated rings. The van der Waals surface area contributed by atoms with Gasteiger partial charge in [0.2, 0.25) is 0 Å². The second kappa shape index (κ2) is 5.03. The molecule has 5 nitrogen and oxygen atoms in total. The number of nitrogens with one attached hydrogen (secondary N) is 1. The van der Waals surface area contributed by atoms with Crippen LogP contribution in [0.25, 0.3) is 0 Å². The van der Waals surface area contributed by atoms with Crippen molar-refractivity contribution in [3.05, 3.63) is 43.0 Å². The van der Waals surface area contributed by atoms with E-state index in [1.165, 1.54) is 11.3 Å². The van der Waals surface area contributed by atoms with E-state index in [1.54, 1.807) is 6.20 Å². The molecule has 0 unspecified atom stereocenters. The van der Waals surface area contributed by atoms with Crippen LogP contribution in [0.4, 0.5) is 0 Å². The lowest BCUT2D eigenvalue weighted by atomic mass is 10.1. The standard InChI is InChI=1S/C12H13ClN4OS/c1-7-15-10-2-3-17(6-9(10)11(18)16-7)5-8-4-14-12(13)19-8/h4H,2-3,5-6H2,1H3,(H,15,16,18). The zero-order chi connectivity index (χ0) is 13.4. The first-order valence-corrected chi connectivity index (χ1v) is 7.22. The molecule has 100 valence electrons. The van der Waals surface area contributed by atoms with Crippen molar-refractivity contribution in [1.29, 1.82) is 0 Å². The van der Waals surface area contributed by atoms with Crippen LogP contribution in [0.5, 0.6) is 0 Å². The van der Waals surface area contributed by atoms with Crippen LogP contribution >= 0.6 is 22.9 Å². The molecule has 2 aromatic rings. The third-order valence-corrected chi connectivity index (χ3v) is 4.27. The molecule has 0 spiro atoms. The van der Waals surface area contributed by atoms with Gasteiger partial charge in [0.25, 0.3) is 5.56 Å². The van der Waals surface area contributed by atoms with Gasteiger partial charge in [-0.05, 0) is 6.92 Å². The van der Waals surface area contributed by atoms with E-state index in [0.29, 0.717) is 16.8 Å². The molecule has 0 aromatic carbocycles. The average molecular weight is 297 g/mol. The first kappa shape index (κ1) is 12.8. The highest BCUT2D eigenvalue weighted by Crippen LogP contribution is 2.22. The predicted molar refractivity (Wildman–Crippen MR) is 74.5 cm³/mol. The summed E-state index contributed by atoms with van der Waals surface area (Å²) in [5.41, 5.74) is 1.70. The van der Waals surface area contributed by atoms with Crippen LogP contribution in [-0.2, 0) is 19.5 Å². The number of fused-ring (bicyclic) bond motifs is 1. The Morgan fingerprint density at radius 1 is 1.58 bits per heavy atom. The number of thiazole rings is 1. The van der Waals surface area contributed by atoms with Gasteiger partial charge in [-0.2, -0.15) is 0 Å². The van der Waals surface area contributed by atoms with Crippen molar-refractivity contribution in [2.75, 3.05) is 6.54 Å². The molecule has 0 saturated heterocycles. The van der Waals surface area contributed by atoms with Crippen LogP contribution in [0.15, 0.2) is 11.0 Å². The van der Waals surface area contributed by atoms with Crippen molar-refractivity contribution in [2.45, 2.75) is 26.4 Å². The van der Waals surface area contributed by atoms with Gasteiger partial charge in [0.1, 0.15) is 5.82 Å². The number of H-pyrrole nitrogens is 1. The van der Waals surface area contributed by atoms with Gasteiger partial charge in [-0.3, -0.25) is 9.69 Å². The van der Waals surface area contributed by atoms with Gasteiger partial charge in [0.15, 0.2) is 4.47 Å². The minimum absolute atomic E-state index is 0.0189. The van der Waals surface area contributed by atoms with Crippen molar-refractivity contribution in [1.82, 2.24) is 19.9 Å². The monoisotopic (exact) mass is 296 g/mol. The van der Waals surface area contributed by atoms with Gasteiger partial charge in [-0.15, -0.1) is 11.3 Å². The third kappa shape index (κ3) is 2.70. The molecule has 0 radical (unpaired) electrons. The Labute approximate surface area is 119 Å². The lowest BCUT2D eigenvalue weighted by Crippen LogP contribution is -2.35. The summed E-state index contributed by atoms with van der Waals surface area (Å²) in [4.78, 5) is 26.5. The zero-order valence-electron chi connectivity index (χ0n) is 10.4. The molecular formula is C12H13ClN4OS. The first-order valence-electron chi connectivity index (χ1n) is 6.03. The highest BCUT2D eigenvalue weighted by molar-refractivity contribution is 7.15. The number of aromatic amines is 1. The fourth-order valence-electron chi connectivity index (χ4n) is 2.32. The van der Waals surface area contributed by atoms with Crippen molar-refractivity contribution in [2.24, 2.45) is 0 Å². The molecule has 0 saturated carbocycles. The van der Waals surface area contributed by atoms with Crippen LogP contribution in [0.3, 0.4) is 0 Å². The van der Waals surface area contributed by atoms with Gasteiger partial charge in [-0.25, -0.2) is 9.97 Å². The number of nitrogens with zero attached hydrogens (tertiary/aromatic N) is 3. The Hall–Kier alpha value is -1.24. The van der Waals surface area contributed by atoms with Gasteiger partial charge >= 0.3 is 0 Å². The Balaban J connectivity index is 1.80. The third-order valence-electron chi connectivity index (χ3n) is 3.17. The molecule has 19 heavy (non-hydrogen) atoms. The lowest BCUT2D eigenvalue weighted by Gasteiger charge is -2.26. The lowest BCUT2D eigenvalue weighted by molar-refractivity contribution is 0.243. The second-order valence-electron chi connectivity index (χ2n) is 4.62. The topological polar surface area (TPSA) is 61.9 Å². The molecular weight excluding hydrogens is 284 g/mol. The van der Waals surface area contributed by atoms with E-state index in [4.69, 9.17) is 11.6 Å². The molecule has 3 rings (SSSR count). The number of aromatic nitrogens is 3. The van der Waals surface area contributed by atoms with Crippen molar-refractivity contribution < 1.29 is 0 Å². The van der Waals surface area contributed by atoms with E-state index in [2.05, 4.69) is 19.9 Å². The fraction of sp³-hybridized carbons (Fsp3) is 0.417. The van der Waals surface area contributed by atoms with Crippen LogP contribution in [0.1, 0.15) is 22.0 Å². The molecule has 7 heteroatoms. The summed E-state index contributed by atoms with van der Waals surface area (Å²) >= 11 is 7.31. The SMILES string of the molecule is Cc1nc2c(c(=O)[nH]1)CN(Cc1cnc(Cl)s1)CC2. The number of rotatable bonds is 2. The summed E-state index contributed by atoms with van der Waals surface area (Å²) in [6, 6.07) is 0. The van der Waals surface area contributed by atoms with Crippen molar-refractivity contribution >= 4 is 22.9 Å². The smallest absolute Gasteiger partial charge is 0.255 e. The van der Waals surface area contributed by atoms with Crippen LogP contribution < -0.4 is 5.56 Å². The maximum atomic E-state index is 11.9. The highest BCUT2D eigenvalue weighted by Gasteiger charge is 2.21. The van der Waals surface area contributed by atoms with E-state index in [1.807, 2.05) is 6.92 Å². The maximum Gasteiger partial charge on any atom is 0.255 e. The van der Waals surface area contributed by atoms with E-state index in [-0.39, 0.29) is 5.56 Å². The van der Waals surface area contributed by atoms with E-state index < -0.39 is 0 Å². The molecule has 1 aliphatic rings. The van der Waals surface area contributed by atoms with Gasteiger partial charge < -0.3 is 4.98 Å². The molecule has 0 amide bonds. The molecule has 0 atom stereocenters. The summed E-state index contributed by atoms with van der Waals surface area (Å²) in [7, 11) is 0. The first-order chi connectivity index (χ1) is 9.11. The number of hydrogen-bond acceptors (Lipinski definition) is 5. The minimum Gasteiger partial charge on any atom is -0.310 e. The molecule has 1 aliphatic heterocycles. The Kier molecular flexibility index (Phi) is 3.38. The summed E-state index contributed by atoms with van der Waals surface area (Å²) in [6.45, 7) is 4.12. The van der Waals surface area contributed by atoms with E-state index in [0.717, 1.165) is 35.6 Å². The van der Waals surface area contributed by atoms with Crippen molar-refractivity contribution in [3.63, 3.8) is 0 Å². The number of aryl methyl sites for hydroxylation is 1. The molecule has 0 bridgehead atoms. The Morgan fingerprint density at radius 2 is 2.42 bits per heavy atom. The summed E-state index contributed by atoms with van der Waals surface area (Å²) in [6.07, 6.45) is 2.60. The molecule has 1 N–H and O–H groups in total. The van der Waals surface area contributed by atoms with Gasteiger partial charge in [0.05, 0.1) is 11.3 Å². The van der Waals surface area contributed by atoms with Crippen LogP contribution in [0, 0.1) is 6.92 Å². The fourth-order valence-corrected chi connectivity index (χ4v) is 3.34. The molecule has 0 aliphatic carbocycles. The van der Waals surface area contributed by atoms with E-state index >= 15 is 0 Å². The highest BCUT2D eigenvalue weighted by atomic mass is 35.5. The minimum atomic E-state index is -0.0189. The quantitative estimate of drug-likeness (QED) is 0.917. The zero-order valence-corrected chi connectivity index (χ0v) is 12.0. The van der Waals surface area contributed by atoms with Gasteiger partial charge in [0, 0.05) is 37.1 Å². The molecule has 2 aromatic heterocycles. The summed E-state index contributed by atoms with van der Waals surface area (Å²) in [5, 5.41) is 0. The molecule has 3 heterocycles. The van der Waals surface area contributed by atoms with Crippen LogP contribution in [0.2, 0.25) is 4.47 Å². The maximum absolute atomic E-state index is 11.9. The largest absolute Gasteiger partial charge is 0.310 e. The number of halogens is 1. The van der Waals surface area contributed by atoms with Gasteiger partial charge in [-0.1, -0.05) is 11.6 Å². The predicted octanol–water partition coefficient (Wildman–Crippen LogP) is 1.75. The summed E-state index contributed by atoms with van der Waals surface area (Å²) < 4.78 is 0.558. The second-order valence-corrected chi connectivity index (χ2v) is 6.31. The Bertz CT molecular complexity index is 666. The number of hydrogen-bond donors (Lipinski definition) is 1. The summed E-state index contributed by atoms with van der Waals surface area (Å²) in [5.74, 6) is 0.687. The van der Waals surface area contributed by atoms with E-state index in [9.17, 15) is 4.79 Å². The normalized spacial score (nSPS) is 15.5. The van der Waals surface area contributed by atoms with Crippen molar-refractivity contribution in [3.8, 4) is 0 Å².